The molecule has 2 aromatic heterocycles. The van der Waals surface area contributed by atoms with E-state index in [1.165, 1.54) is 11.1 Å². The molecule has 1 amide bonds. The predicted octanol–water partition coefficient (Wildman–Crippen LogP) is 6.37. The van der Waals surface area contributed by atoms with Gasteiger partial charge in [-0.2, -0.15) is 0 Å². The lowest BCUT2D eigenvalue weighted by Gasteiger charge is -2.15. The van der Waals surface area contributed by atoms with Gasteiger partial charge in [-0.25, -0.2) is 13.8 Å². The van der Waals surface area contributed by atoms with E-state index >= 15 is 0 Å². The average molecular weight is 539 g/mol. The smallest absolute Gasteiger partial charge is 0.253 e. The van der Waals surface area contributed by atoms with Gasteiger partial charge in [0, 0.05) is 70.1 Å². The van der Waals surface area contributed by atoms with E-state index < -0.39 is 25.5 Å². The van der Waals surface area contributed by atoms with Crippen molar-refractivity contribution < 1.29 is 23.0 Å². The number of fused-ring (bicyclic) bond motifs is 1. The van der Waals surface area contributed by atoms with E-state index in [4.69, 9.17) is 15.2 Å². The number of pyridine rings is 1. The fourth-order valence-corrected chi connectivity index (χ4v) is 4.75. The molecule has 0 saturated heterocycles. The van der Waals surface area contributed by atoms with E-state index in [9.17, 15) is 13.6 Å². The van der Waals surface area contributed by atoms with Crippen LogP contribution in [0.5, 0.6) is 11.5 Å². The number of nitrogens with two attached hydrogens (primary N) is 1. The second kappa shape index (κ2) is 10.9. The van der Waals surface area contributed by atoms with Gasteiger partial charge in [0.15, 0.2) is 17.4 Å². The Morgan fingerprint density at radius 1 is 1.11 bits per heavy atom. The summed E-state index contributed by atoms with van der Waals surface area (Å²) >= 11 is 0. The van der Waals surface area contributed by atoms with Crippen molar-refractivity contribution in [3.63, 3.8) is 0 Å². The second-order valence-corrected chi connectivity index (χ2v) is 16.2. The minimum atomic E-state index is -1.28. The Balaban J connectivity index is 1.82. The first-order valence-electron chi connectivity index (χ1n) is 12.2. The fourth-order valence-electron chi connectivity index (χ4n) is 3.99. The molecule has 4 aromatic rings. The van der Waals surface area contributed by atoms with Crippen LogP contribution in [-0.4, -0.2) is 49.1 Å². The number of hydrogen-bond acceptors (Lipinski definition) is 5. The van der Waals surface area contributed by atoms with Crippen molar-refractivity contribution >= 4 is 30.7 Å². The first-order chi connectivity index (χ1) is 17.9. The molecule has 0 saturated carbocycles. The molecule has 0 unspecified atom stereocenters. The maximum atomic E-state index is 14.6. The average Bonchev–Trinajstić information content (AvgIpc) is 3.22. The summed E-state index contributed by atoms with van der Waals surface area (Å²) in [5.41, 5.74) is 7.95. The van der Waals surface area contributed by atoms with Gasteiger partial charge in [0.05, 0.1) is 5.39 Å². The van der Waals surface area contributed by atoms with Gasteiger partial charge in [-0.05, 0) is 29.8 Å². The molecule has 0 fully saturated rings. The summed E-state index contributed by atoms with van der Waals surface area (Å²) < 4.78 is 42.9. The number of carbonyl (C=O) groups is 1. The Hall–Kier alpha value is -3.76. The Bertz CT molecular complexity index is 1460. The zero-order valence-electron chi connectivity index (χ0n) is 22.2. The van der Waals surface area contributed by atoms with Gasteiger partial charge in [0.1, 0.15) is 18.1 Å². The Morgan fingerprint density at radius 3 is 2.47 bits per heavy atom. The largest absolute Gasteiger partial charge is 0.450 e. The molecular weight excluding hydrogens is 506 g/mol. The quantitative estimate of drug-likeness (QED) is 0.152. The van der Waals surface area contributed by atoms with Crippen LogP contribution in [0.3, 0.4) is 0 Å². The first-order valence-corrected chi connectivity index (χ1v) is 16.0. The fraction of sp³-hybridized carbons (Fsp3) is 0.286. The van der Waals surface area contributed by atoms with Gasteiger partial charge < -0.3 is 24.7 Å². The maximum Gasteiger partial charge on any atom is 0.253 e. The molecule has 0 bridgehead atoms. The van der Waals surface area contributed by atoms with E-state index in [-0.39, 0.29) is 24.1 Å². The molecule has 0 aliphatic heterocycles. The topological polar surface area (TPSA) is 82.6 Å². The summed E-state index contributed by atoms with van der Waals surface area (Å²) in [7, 11) is 2.09. The van der Waals surface area contributed by atoms with E-state index in [0.29, 0.717) is 28.8 Å². The summed E-state index contributed by atoms with van der Waals surface area (Å²) in [5, 5.41) is 0.534. The molecule has 0 atom stereocenters. The summed E-state index contributed by atoms with van der Waals surface area (Å²) in [6.45, 7) is 7.68. The summed E-state index contributed by atoms with van der Waals surface area (Å²) in [4.78, 5) is 18.7. The van der Waals surface area contributed by atoms with Crippen LogP contribution in [-0.2, 0) is 11.5 Å². The molecule has 0 aliphatic carbocycles. The lowest BCUT2D eigenvalue weighted by Crippen LogP contribution is -2.22. The lowest BCUT2D eigenvalue weighted by atomic mass is 10.0. The number of ether oxygens (including phenoxy) is 2. The monoisotopic (exact) mass is 538 g/mol. The SMILES string of the molecule is CN(C)C(=O)c1cccc(-c2cn(COCC[Si](C)(C)C)c3nccc(Oc4c(F)cc(N)cc4F)c23)c1. The van der Waals surface area contributed by atoms with Gasteiger partial charge in [0.25, 0.3) is 5.91 Å². The Morgan fingerprint density at radius 2 is 1.82 bits per heavy atom. The number of aromatic nitrogens is 2. The summed E-state index contributed by atoms with van der Waals surface area (Å²) in [5.74, 6) is -2.33. The van der Waals surface area contributed by atoms with Gasteiger partial charge in [-0.1, -0.05) is 31.8 Å². The molecule has 2 heterocycles. The van der Waals surface area contributed by atoms with E-state index in [2.05, 4.69) is 24.6 Å². The van der Waals surface area contributed by atoms with E-state index in [1.807, 2.05) is 16.8 Å². The molecule has 2 aromatic carbocycles. The summed E-state index contributed by atoms with van der Waals surface area (Å²) in [6, 6.07) is 11.7. The standard InChI is InChI=1S/C28H32F2N4O3Si/c1-33(2)28(35)19-8-6-7-18(13-19)21-16-34(17-36-11-12-38(3,4)5)27-25(21)24(9-10-32-27)37-26-22(29)14-20(31)15-23(26)30/h6-10,13-16H,11-12,17,31H2,1-5H3. The van der Waals surface area contributed by atoms with Gasteiger partial charge in [-0.3, -0.25) is 4.79 Å². The number of hydrogen-bond donors (Lipinski definition) is 1. The minimum absolute atomic E-state index is 0.0445. The normalized spacial score (nSPS) is 11.7. The third-order valence-electron chi connectivity index (χ3n) is 6.01. The van der Waals surface area contributed by atoms with Crippen LogP contribution in [0.4, 0.5) is 14.5 Å². The molecule has 0 spiro atoms. The minimum Gasteiger partial charge on any atom is -0.450 e. The summed E-state index contributed by atoms with van der Waals surface area (Å²) in [6.07, 6.45) is 3.37. The predicted molar refractivity (Wildman–Crippen MR) is 148 cm³/mol. The highest BCUT2D eigenvalue weighted by atomic mass is 28.3. The highest BCUT2D eigenvalue weighted by Gasteiger charge is 2.21. The number of nitrogens with zero attached hydrogens (tertiary/aromatic N) is 3. The van der Waals surface area contributed by atoms with Gasteiger partial charge >= 0.3 is 0 Å². The third kappa shape index (κ3) is 6.03. The van der Waals surface area contributed by atoms with Gasteiger partial charge in [0.2, 0.25) is 0 Å². The highest BCUT2D eigenvalue weighted by Crippen LogP contribution is 2.39. The lowest BCUT2D eigenvalue weighted by molar-refractivity contribution is 0.0827. The third-order valence-corrected chi connectivity index (χ3v) is 7.71. The van der Waals surface area contributed by atoms with Crippen LogP contribution in [0.25, 0.3) is 22.2 Å². The first kappa shape index (κ1) is 27.3. The van der Waals surface area contributed by atoms with Crippen LogP contribution in [0, 0.1) is 11.6 Å². The van der Waals surface area contributed by atoms with Crippen LogP contribution < -0.4 is 10.5 Å². The number of anilines is 1. The molecule has 7 nitrogen and oxygen atoms in total. The van der Waals surface area contributed by atoms with Crippen molar-refractivity contribution in [1.82, 2.24) is 14.5 Å². The van der Waals surface area contributed by atoms with Crippen LogP contribution in [0.15, 0.2) is 54.9 Å². The maximum absolute atomic E-state index is 14.6. The Kier molecular flexibility index (Phi) is 7.84. The molecule has 4 rings (SSSR count). The molecule has 2 N–H and O–H groups in total. The van der Waals surface area contributed by atoms with Crippen molar-refractivity contribution in [1.29, 1.82) is 0 Å². The zero-order chi connectivity index (χ0) is 27.6. The Labute approximate surface area is 221 Å². The zero-order valence-corrected chi connectivity index (χ0v) is 23.2. The molecule has 38 heavy (non-hydrogen) atoms. The highest BCUT2D eigenvalue weighted by molar-refractivity contribution is 6.76. The number of benzene rings is 2. The molecule has 0 aliphatic rings. The molecule has 0 radical (unpaired) electrons. The van der Waals surface area contributed by atoms with Crippen LogP contribution in [0.1, 0.15) is 10.4 Å². The van der Waals surface area contributed by atoms with Crippen molar-refractivity contribution in [3.05, 3.63) is 72.1 Å². The van der Waals surface area contributed by atoms with Crippen molar-refractivity contribution in [2.75, 3.05) is 26.4 Å². The van der Waals surface area contributed by atoms with Gasteiger partial charge in [-0.15, -0.1) is 0 Å². The number of rotatable bonds is 9. The van der Waals surface area contributed by atoms with Crippen LogP contribution >= 0.6 is 0 Å². The van der Waals surface area contributed by atoms with E-state index in [1.54, 1.807) is 38.4 Å². The van der Waals surface area contributed by atoms with Crippen molar-refractivity contribution in [2.24, 2.45) is 0 Å². The number of amides is 1. The van der Waals surface area contributed by atoms with E-state index in [0.717, 1.165) is 23.7 Å². The van der Waals surface area contributed by atoms with Crippen molar-refractivity contribution in [2.45, 2.75) is 32.4 Å². The number of halogens is 2. The molecule has 10 heteroatoms. The molecule has 200 valence electrons. The number of nitrogen functional groups attached to an aromatic ring is 1. The van der Waals surface area contributed by atoms with Crippen molar-refractivity contribution in [3.8, 4) is 22.6 Å². The van der Waals surface area contributed by atoms with Crippen LogP contribution in [0.2, 0.25) is 25.7 Å². The molecular formula is C28H32F2N4O3Si. The number of carbonyl (C=O) groups excluding carboxylic acids is 1. The second-order valence-electron chi connectivity index (χ2n) is 10.6.